The summed E-state index contributed by atoms with van der Waals surface area (Å²) >= 11 is 7.72. The molecule has 0 amide bonds. The van der Waals surface area contributed by atoms with E-state index in [1.807, 2.05) is 12.1 Å². The molecule has 2 aromatic heterocycles. The number of thiophene rings is 1. The highest BCUT2D eigenvalue weighted by molar-refractivity contribution is 7.16. The van der Waals surface area contributed by atoms with Crippen LogP contribution in [0.5, 0.6) is 0 Å². The Morgan fingerprint density at radius 3 is 2.15 bits per heavy atom. The lowest BCUT2D eigenvalue weighted by molar-refractivity contribution is 0.0398. The largest absolute Gasteiger partial charge is 0.472 e. The molecule has 0 saturated heterocycles. The predicted octanol–water partition coefficient (Wildman–Crippen LogP) is 7.82. The average Bonchev–Trinajstić information content (AvgIpc) is 3.56. The van der Waals surface area contributed by atoms with Crippen molar-refractivity contribution in [1.82, 2.24) is 4.90 Å². The summed E-state index contributed by atoms with van der Waals surface area (Å²) in [5, 5.41) is 0.624. The Hall–Kier alpha value is -1.92. The van der Waals surface area contributed by atoms with Crippen LogP contribution in [-0.2, 0) is 0 Å². The zero-order chi connectivity index (χ0) is 23.5. The first-order valence-electron chi connectivity index (χ1n) is 12.6. The molecular formula is C28H33ClN2O2S. The van der Waals surface area contributed by atoms with Crippen molar-refractivity contribution < 1.29 is 9.21 Å². The van der Waals surface area contributed by atoms with Gasteiger partial charge in [-0.3, -0.25) is 9.69 Å². The lowest BCUT2D eigenvalue weighted by Crippen LogP contribution is -2.50. The van der Waals surface area contributed by atoms with E-state index in [4.69, 9.17) is 21.8 Å². The molecule has 0 bridgehead atoms. The van der Waals surface area contributed by atoms with E-state index in [1.54, 1.807) is 48.1 Å². The minimum Gasteiger partial charge on any atom is -0.472 e. The lowest BCUT2D eigenvalue weighted by atomic mass is 9.87. The summed E-state index contributed by atoms with van der Waals surface area (Å²) in [6, 6.07) is 12.1. The van der Waals surface area contributed by atoms with Crippen molar-refractivity contribution in [2.75, 3.05) is 0 Å². The van der Waals surface area contributed by atoms with Gasteiger partial charge < -0.3 is 10.2 Å². The quantitative estimate of drug-likeness (QED) is 0.267. The molecule has 1 unspecified atom stereocenters. The Kier molecular flexibility index (Phi) is 7.55. The molecule has 6 heteroatoms. The monoisotopic (exact) mass is 496 g/mol. The predicted molar refractivity (Wildman–Crippen MR) is 139 cm³/mol. The van der Waals surface area contributed by atoms with Crippen molar-refractivity contribution >= 4 is 28.7 Å². The zero-order valence-corrected chi connectivity index (χ0v) is 21.1. The molecule has 34 heavy (non-hydrogen) atoms. The van der Waals surface area contributed by atoms with Gasteiger partial charge in [0, 0.05) is 43.6 Å². The Bertz CT molecular complexity index is 1060. The molecule has 1 aromatic carbocycles. The van der Waals surface area contributed by atoms with E-state index in [9.17, 15) is 4.79 Å². The maximum absolute atomic E-state index is 13.7. The summed E-state index contributed by atoms with van der Waals surface area (Å²) in [5.74, 6) is 0.000324. The number of hydrogen-bond acceptors (Lipinski definition) is 5. The first-order valence-corrected chi connectivity index (χ1v) is 13.8. The van der Waals surface area contributed by atoms with E-state index in [0.29, 0.717) is 28.2 Å². The molecule has 2 heterocycles. The minimum absolute atomic E-state index is 0.000324. The van der Waals surface area contributed by atoms with Gasteiger partial charge in [-0.15, -0.1) is 11.3 Å². The van der Waals surface area contributed by atoms with Crippen molar-refractivity contribution in [3.05, 3.63) is 70.0 Å². The van der Waals surface area contributed by atoms with E-state index in [0.717, 1.165) is 15.3 Å². The fourth-order valence-corrected chi connectivity index (χ4v) is 7.03. The van der Waals surface area contributed by atoms with Crippen LogP contribution < -0.4 is 5.73 Å². The van der Waals surface area contributed by atoms with Crippen LogP contribution in [0.4, 0.5) is 0 Å². The number of nitrogens with two attached hydrogens (primary N) is 1. The second kappa shape index (κ2) is 10.8. The van der Waals surface area contributed by atoms with Gasteiger partial charge in [0.25, 0.3) is 0 Å². The van der Waals surface area contributed by atoms with Gasteiger partial charge in [-0.25, -0.2) is 0 Å². The second-order valence-corrected chi connectivity index (χ2v) is 11.2. The van der Waals surface area contributed by atoms with Gasteiger partial charge in [-0.2, -0.15) is 0 Å². The zero-order valence-electron chi connectivity index (χ0n) is 19.5. The fourth-order valence-electron chi connectivity index (χ4n) is 5.75. The van der Waals surface area contributed by atoms with Gasteiger partial charge in [0.15, 0.2) is 5.78 Å². The van der Waals surface area contributed by atoms with Crippen LogP contribution in [0.2, 0.25) is 5.02 Å². The topological polar surface area (TPSA) is 59.5 Å². The minimum atomic E-state index is -0.289. The van der Waals surface area contributed by atoms with E-state index >= 15 is 0 Å². The van der Waals surface area contributed by atoms with Crippen LogP contribution in [0.25, 0.3) is 10.4 Å². The molecule has 0 radical (unpaired) electrons. The van der Waals surface area contributed by atoms with E-state index in [2.05, 4.69) is 4.90 Å². The number of benzene rings is 1. The van der Waals surface area contributed by atoms with E-state index in [1.165, 1.54) is 64.2 Å². The number of nitrogens with zero attached hydrogens (tertiary/aromatic N) is 1. The third kappa shape index (κ3) is 5.03. The van der Waals surface area contributed by atoms with Crippen LogP contribution in [0.1, 0.15) is 91.2 Å². The molecule has 0 spiro atoms. The van der Waals surface area contributed by atoms with Gasteiger partial charge in [0.05, 0.1) is 18.7 Å². The number of hydrogen-bond donors (Lipinski definition) is 1. The van der Waals surface area contributed by atoms with Crippen LogP contribution in [0.3, 0.4) is 0 Å². The molecule has 2 fully saturated rings. The fraction of sp³-hybridized carbons (Fsp3) is 0.464. The Morgan fingerprint density at radius 1 is 0.971 bits per heavy atom. The molecule has 5 rings (SSSR count). The Labute approximate surface area is 211 Å². The summed E-state index contributed by atoms with van der Waals surface area (Å²) in [5.41, 5.74) is 9.47. The summed E-state index contributed by atoms with van der Waals surface area (Å²) in [7, 11) is 0. The SMILES string of the molecule is NC(c1sc(-c2ccoc2)cc1C(=O)c1ccc(Cl)cc1)N(C1CCCCC1)C1CCCCC1. The molecule has 4 nitrogen and oxygen atoms in total. The van der Waals surface area contributed by atoms with Crippen LogP contribution in [0.15, 0.2) is 53.3 Å². The third-order valence-corrected chi connectivity index (χ3v) is 9.01. The van der Waals surface area contributed by atoms with Crippen LogP contribution >= 0.6 is 22.9 Å². The van der Waals surface area contributed by atoms with Gasteiger partial charge in [-0.05, 0) is 62.1 Å². The number of halogens is 1. The average molecular weight is 497 g/mol. The molecule has 1 atom stereocenters. The second-order valence-electron chi connectivity index (χ2n) is 9.71. The molecular weight excluding hydrogens is 464 g/mol. The molecule has 2 aliphatic carbocycles. The highest BCUT2D eigenvalue weighted by Crippen LogP contribution is 2.41. The normalized spacial score (nSPS) is 18.9. The summed E-state index contributed by atoms with van der Waals surface area (Å²) in [4.78, 5) is 18.3. The van der Waals surface area contributed by atoms with Crippen LogP contribution in [-0.4, -0.2) is 22.8 Å². The maximum Gasteiger partial charge on any atom is 0.194 e. The van der Waals surface area contributed by atoms with Crippen molar-refractivity contribution in [3.8, 4) is 10.4 Å². The summed E-state index contributed by atoms with van der Waals surface area (Å²) < 4.78 is 5.34. The van der Waals surface area contributed by atoms with Crippen molar-refractivity contribution in [2.24, 2.45) is 5.73 Å². The van der Waals surface area contributed by atoms with Gasteiger partial charge in [0.1, 0.15) is 0 Å². The first-order chi connectivity index (χ1) is 16.6. The molecule has 2 N–H and O–H groups in total. The van der Waals surface area contributed by atoms with Crippen molar-refractivity contribution in [1.29, 1.82) is 0 Å². The summed E-state index contributed by atoms with van der Waals surface area (Å²) in [6.45, 7) is 0. The van der Waals surface area contributed by atoms with E-state index in [-0.39, 0.29) is 11.9 Å². The van der Waals surface area contributed by atoms with Crippen LogP contribution in [0, 0.1) is 0 Å². The highest BCUT2D eigenvalue weighted by atomic mass is 35.5. The number of furan rings is 1. The van der Waals surface area contributed by atoms with Crippen molar-refractivity contribution in [2.45, 2.75) is 82.5 Å². The van der Waals surface area contributed by atoms with Gasteiger partial charge in [0.2, 0.25) is 0 Å². The summed E-state index contributed by atoms with van der Waals surface area (Å²) in [6.07, 6.45) is 15.6. The first kappa shape index (κ1) is 23.8. The number of ketones is 1. The molecule has 2 aliphatic rings. The number of carbonyl (C=O) groups excluding carboxylic acids is 1. The molecule has 180 valence electrons. The smallest absolute Gasteiger partial charge is 0.194 e. The highest BCUT2D eigenvalue weighted by Gasteiger charge is 2.36. The molecule has 2 saturated carbocycles. The van der Waals surface area contributed by atoms with Gasteiger partial charge in [-0.1, -0.05) is 50.1 Å². The van der Waals surface area contributed by atoms with Crippen molar-refractivity contribution in [3.63, 3.8) is 0 Å². The van der Waals surface area contributed by atoms with E-state index < -0.39 is 0 Å². The standard InChI is InChI=1S/C28H33ClN2O2S/c29-21-13-11-19(12-14-21)26(32)24-17-25(20-15-16-33-18-20)34-27(24)28(30)31(22-7-3-1-4-8-22)23-9-5-2-6-10-23/h11-18,22-23,28H,1-10,30H2. The maximum atomic E-state index is 13.7. The lowest BCUT2D eigenvalue weighted by Gasteiger charge is -2.44. The number of carbonyl (C=O) groups is 1. The molecule has 3 aromatic rings. The third-order valence-electron chi connectivity index (χ3n) is 7.50. The Morgan fingerprint density at radius 2 is 1.59 bits per heavy atom. The Balaban J connectivity index is 1.55. The number of rotatable bonds is 7. The van der Waals surface area contributed by atoms with Gasteiger partial charge >= 0.3 is 0 Å². The molecule has 0 aliphatic heterocycles.